The van der Waals surface area contributed by atoms with E-state index in [0.29, 0.717) is 30.1 Å². The standard InChI is InChI=1S/C40H40O4S2/c1-3-4-5-8-17-32-26-35(39-37-36(43-22-23-44-37)34(45-39)24-27(2)40(41)42)46-38(32)31-20-18-28(19-21-31)25-33(29-13-9-6-10-14-29)30-15-11-7-12-16-30/h6-7,9-16,18-21,24-26,32,38H,3-5,8,17,22-23H2,1-2H3,(H,41,42)/b27-24+. The number of allylic oxidation sites excluding steroid dienone is 1. The minimum Gasteiger partial charge on any atom is -0.485 e. The van der Waals surface area contributed by atoms with Crippen molar-refractivity contribution in [3.05, 3.63) is 129 Å². The molecular weight excluding hydrogens is 609 g/mol. The average molecular weight is 649 g/mol. The third kappa shape index (κ3) is 7.35. The molecule has 2 aliphatic rings. The van der Waals surface area contributed by atoms with E-state index in [1.807, 2.05) is 11.8 Å². The molecule has 3 aromatic carbocycles. The summed E-state index contributed by atoms with van der Waals surface area (Å²) in [6.45, 7) is 4.82. The summed E-state index contributed by atoms with van der Waals surface area (Å²) in [4.78, 5) is 14.6. The SMILES string of the molecule is CCCCCCC1C=C(c2sc(/C=C(\C)C(=O)O)c3c2OCCO3)SC1c1ccc(C=C(c2ccccc2)c2ccccc2)cc1. The Labute approximate surface area is 280 Å². The molecule has 46 heavy (non-hydrogen) atoms. The molecule has 6 rings (SSSR count). The number of aliphatic carboxylic acids is 1. The fourth-order valence-corrected chi connectivity index (χ4v) is 8.83. The molecule has 4 nitrogen and oxygen atoms in total. The van der Waals surface area contributed by atoms with Gasteiger partial charge in [-0.3, -0.25) is 0 Å². The summed E-state index contributed by atoms with van der Waals surface area (Å²) in [5.74, 6) is 0.879. The van der Waals surface area contributed by atoms with Crippen LogP contribution in [0.5, 0.6) is 11.5 Å². The van der Waals surface area contributed by atoms with Crippen molar-refractivity contribution >= 4 is 51.7 Å². The molecule has 0 fully saturated rings. The van der Waals surface area contributed by atoms with E-state index in [9.17, 15) is 9.90 Å². The molecule has 0 aliphatic carbocycles. The summed E-state index contributed by atoms with van der Waals surface area (Å²) in [7, 11) is 0. The summed E-state index contributed by atoms with van der Waals surface area (Å²) >= 11 is 3.47. The number of thioether (sulfide) groups is 1. The lowest BCUT2D eigenvalue weighted by molar-refractivity contribution is -0.132. The molecule has 236 valence electrons. The third-order valence-electron chi connectivity index (χ3n) is 8.48. The van der Waals surface area contributed by atoms with Crippen LogP contribution in [0, 0.1) is 5.92 Å². The van der Waals surface area contributed by atoms with E-state index in [1.165, 1.54) is 58.4 Å². The predicted molar refractivity (Wildman–Crippen MR) is 193 cm³/mol. The number of carbonyl (C=O) groups is 1. The highest BCUT2D eigenvalue weighted by Gasteiger charge is 2.34. The van der Waals surface area contributed by atoms with E-state index < -0.39 is 5.97 Å². The second-order valence-electron chi connectivity index (χ2n) is 11.8. The lowest BCUT2D eigenvalue weighted by Crippen LogP contribution is -2.15. The van der Waals surface area contributed by atoms with Gasteiger partial charge in [-0.05, 0) is 59.2 Å². The van der Waals surface area contributed by atoms with Crippen molar-refractivity contribution in [3.63, 3.8) is 0 Å². The van der Waals surface area contributed by atoms with E-state index in [0.717, 1.165) is 21.9 Å². The minimum absolute atomic E-state index is 0.279. The second kappa shape index (κ2) is 15.1. The van der Waals surface area contributed by atoms with Gasteiger partial charge in [0, 0.05) is 15.7 Å². The number of rotatable bonds is 12. The van der Waals surface area contributed by atoms with Gasteiger partial charge in [-0.25, -0.2) is 4.79 Å². The molecule has 2 unspecified atom stereocenters. The number of carboxylic acids is 1. The number of ether oxygens (including phenoxy) is 2. The number of thiophene rings is 1. The number of hydrogen-bond acceptors (Lipinski definition) is 5. The van der Waals surface area contributed by atoms with Gasteiger partial charge in [0.15, 0.2) is 11.5 Å². The first-order chi connectivity index (χ1) is 22.5. The first-order valence-corrected chi connectivity index (χ1v) is 17.9. The van der Waals surface area contributed by atoms with E-state index in [2.05, 4.69) is 104 Å². The zero-order valence-corrected chi connectivity index (χ0v) is 28.0. The van der Waals surface area contributed by atoms with Crippen LogP contribution in [-0.2, 0) is 4.79 Å². The van der Waals surface area contributed by atoms with E-state index in [-0.39, 0.29) is 5.57 Å². The average Bonchev–Trinajstić information content (AvgIpc) is 3.68. The second-order valence-corrected chi connectivity index (χ2v) is 14.1. The van der Waals surface area contributed by atoms with Gasteiger partial charge < -0.3 is 14.6 Å². The van der Waals surface area contributed by atoms with Crippen LogP contribution in [0.3, 0.4) is 0 Å². The third-order valence-corrected chi connectivity index (χ3v) is 11.2. The molecule has 0 saturated heterocycles. The Morgan fingerprint density at radius 1 is 0.848 bits per heavy atom. The summed E-state index contributed by atoms with van der Waals surface area (Å²) in [6, 6.07) is 30.2. The van der Waals surface area contributed by atoms with Crippen molar-refractivity contribution in [1.82, 2.24) is 0 Å². The van der Waals surface area contributed by atoms with Crippen molar-refractivity contribution in [2.24, 2.45) is 5.92 Å². The Kier molecular flexibility index (Phi) is 10.5. The van der Waals surface area contributed by atoms with Crippen LogP contribution in [0.2, 0.25) is 0 Å². The van der Waals surface area contributed by atoms with Crippen molar-refractivity contribution in [1.29, 1.82) is 0 Å². The zero-order valence-electron chi connectivity index (χ0n) is 26.4. The van der Waals surface area contributed by atoms with Crippen molar-refractivity contribution < 1.29 is 19.4 Å². The highest BCUT2D eigenvalue weighted by molar-refractivity contribution is 8.09. The van der Waals surface area contributed by atoms with Crippen molar-refractivity contribution in [2.75, 3.05) is 13.2 Å². The van der Waals surface area contributed by atoms with Gasteiger partial charge in [-0.15, -0.1) is 23.1 Å². The van der Waals surface area contributed by atoms with E-state index in [4.69, 9.17) is 9.47 Å². The Morgan fingerprint density at radius 3 is 2.13 bits per heavy atom. The maximum absolute atomic E-state index is 11.6. The van der Waals surface area contributed by atoms with Gasteiger partial charge >= 0.3 is 5.97 Å². The first-order valence-electron chi connectivity index (χ1n) is 16.2. The van der Waals surface area contributed by atoms with Crippen molar-refractivity contribution in [3.8, 4) is 11.5 Å². The molecule has 4 aromatic rings. The van der Waals surface area contributed by atoms with Crippen LogP contribution < -0.4 is 9.47 Å². The smallest absolute Gasteiger partial charge is 0.331 e. The summed E-state index contributed by atoms with van der Waals surface area (Å²) in [6.07, 6.45) is 12.5. The quantitative estimate of drug-likeness (QED) is 0.0941. The van der Waals surface area contributed by atoms with Crippen LogP contribution >= 0.6 is 23.1 Å². The molecule has 6 heteroatoms. The number of benzene rings is 3. The maximum Gasteiger partial charge on any atom is 0.331 e. The molecule has 3 heterocycles. The number of unbranched alkanes of at least 4 members (excludes halogenated alkanes) is 3. The molecule has 0 spiro atoms. The largest absolute Gasteiger partial charge is 0.485 e. The van der Waals surface area contributed by atoms with Gasteiger partial charge in [-0.2, -0.15) is 0 Å². The fourth-order valence-electron chi connectivity index (χ4n) is 6.04. The van der Waals surface area contributed by atoms with Gasteiger partial charge in [0.1, 0.15) is 13.2 Å². The Balaban J connectivity index is 1.30. The normalized spacial score (nSPS) is 17.4. The molecule has 0 saturated carbocycles. The van der Waals surface area contributed by atoms with Gasteiger partial charge in [0.25, 0.3) is 0 Å². The number of carboxylic acid groups (broad SMARTS) is 1. The van der Waals surface area contributed by atoms with Crippen LogP contribution in [0.25, 0.3) is 22.6 Å². The summed E-state index contributed by atoms with van der Waals surface area (Å²) in [5, 5.41) is 9.80. The molecule has 1 N–H and O–H groups in total. The van der Waals surface area contributed by atoms with Crippen molar-refractivity contribution in [2.45, 2.75) is 51.2 Å². The molecule has 0 amide bonds. The monoisotopic (exact) mass is 648 g/mol. The Bertz CT molecular complexity index is 1690. The predicted octanol–water partition coefficient (Wildman–Crippen LogP) is 11.0. The number of hydrogen-bond donors (Lipinski definition) is 1. The van der Waals surface area contributed by atoms with Crippen LogP contribution in [0.4, 0.5) is 0 Å². The molecule has 2 aliphatic heterocycles. The lowest BCUT2D eigenvalue weighted by atomic mass is 9.91. The Hall–Kier alpha value is -4.00. The molecule has 2 atom stereocenters. The topological polar surface area (TPSA) is 55.8 Å². The van der Waals surface area contributed by atoms with E-state index >= 15 is 0 Å². The lowest BCUT2D eigenvalue weighted by Gasteiger charge is -2.20. The Morgan fingerprint density at radius 2 is 1.50 bits per heavy atom. The zero-order chi connectivity index (χ0) is 31.9. The number of fused-ring (bicyclic) bond motifs is 1. The van der Waals surface area contributed by atoms with E-state index in [1.54, 1.807) is 24.3 Å². The maximum atomic E-state index is 11.6. The highest BCUT2D eigenvalue weighted by Crippen LogP contribution is 2.58. The summed E-state index contributed by atoms with van der Waals surface area (Å²) in [5.41, 5.74) is 6.37. The molecule has 0 bridgehead atoms. The molecule has 0 radical (unpaired) electrons. The van der Waals surface area contributed by atoms with Gasteiger partial charge in [0.05, 0.1) is 9.75 Å². The van der Waals surface area contributed by atoms with Gasteiger partial charge in [-0.1, -0.05) is 124 Å². The van der Waals surface area contributed by atoms with Crippen LogP contribution in [0.15, 0.2) is 96.6 Å². The summed E-state index contributed by atoms with van der Waals surface area (Å²) < 4.78 is 12.2. The first kappa shape index (κ1) is 32.0. The van der Waals surface area contributed by atoms with Gasteiger partial charge in [0.2, 0.25) is 0 Å². The van der Waals surface area contributed by atoms with Crippen LogP contribution in [0.1, 0.15) is 83.2 Å². The van der Waals surface area contributed by atoms with Crippen LogP contribution in [-0.4, -0.2) is 24.3 Å². The highest BCUT2D eigenvalue weighted by atomic mass is 32.2. The fraction of sp³-hybridized carbons (Fsp3) is 0.275. The molecular formula is C40H40O4S2. The molecule has 1 aromatic heterocycles. The minimum atomic E-state index is -0.931.